The molecule has 380 valence electrons. The summed E-state index contributed by atoms with van der Waals surface area (Å²) in [6.45, 7) is 6.39. The van der Waals surface area contributed by atoms with Gasteiger partial charge in [-0.15, -0.1) is 0 Å². The first-order valence-corrected chi connectivity index (χ1v) is 27.5. The van der Waals surface area contributed by atoms with Gasteiger partial charge in [-0.1, -0.05) is 246 Å². The van der Waals surface area contributed by atoms with Crippen molar-refractivity contribution in [3.05, 3.63) is 109 Å². The summed E-state index contributed by atoms with van der Waals surface area (Å²) < 4.78 is 16.7. The van der Waals surface area contributed by atoms with Crippen LogP contribution in [0.25, 0.3) is 0 Å². The average Bonchev–Trinajstić information content (AvgIpc) is 3.33. The number of esters is 3. The fraction of sp³-hybridized carbons (Fsp3) is 0.656. The molecule has 0 aromatic rings. The second-order valence-corrected chi connectivity index (χ2v) is 17.9. The third-order valence-electron chi connectivity index (χ3n) is 11.4. The van der Waals surface area contributed by atoms with Gasteiger partial charge < -0.3 is 14.2 Å². The molecule has 0 saturated carbocycles. The van der Waals surface area contributed by atoms with E-state index in [2.05, 4.69) is 75.5 Å². The summed E-state index contributed by atoms with van der Waals surface area (Å²) in [6.07, 6.45) is 73.7. The highest BCUT2D eigenvalue weighted by Crippen LogP contribution is 2.14. The zero-order chi connectivity index (χ0) is 48.6. The molecule has 0 fully saturated rings. The van der Waals surface area contributed by atoms with Crippen LogP contribution in [0.3, 0.4) is 0 Å². The molecule has 0 bridgehead atoms. The van der Waals surface area contributed by atoms with Gasteiger partial charge in [-0.2, -0.15) is 0 Å². The third kappa shape index (κ3) is 52.9. The minimum Gasteiger partial charge on any atom is -0.462 e. The van der Waals surface area contributed by atoms with E-state index in [9.17, 15) is 14.4 Å². The average molecular weight is 929 g/mol. The Hall–Kier alpha value is -3.93. The van der Waals surface area contributed by atoms with E-state index >= 15 is 0 Å². The zero-order valence-corrected chi connectivity index (χ0v) is 43.4. The Bertz CT molecular complexity index is 1390. The second-order valence-electron chi connectivity index (χ2n) is 17.9. The molecule has 0 aliphatic carbocycles. The van der Waals surface area contributed by atoms with Crippen molar-refractivity contribution in [3.63, 3.8) is 0 Å². The van der Waals surface area contributed by atoms with Gasteiger partial charge in [0.2, 0.25) is 0 Å². The summed E-state index contributed by atoms with van der Waals surface area (Å²) >= 11 is 0. The Morgan fingerprint density at radius 3 is 1.01 bits per heavy atom. The number of hydrogen-bond acceptors (Lipinski definition) is 6. The SMILES string of the molecule is CC\C=C/C=C\C=C/C=C\C=C/CCCC(=O)OCC(COC(=O)CCCCCCC\C=C/C=C\C=C/CCCCCCC)OC(=O)CCCCCCC/C=C\CCCCCCCCCCC. The van der Waals surface area contributed by atoms with Crippen LogP contribution in [0.1, 0.15) is 239 Å². The first-order valence-electron chi connectivity index (χ1n) is 27.5. The molecule has 0 rings (SSSR count). The van der Waals surface area contributed by atoms with E-state index in [1.54, 1.807) is 0 Å². The highest BCUT2D eigenvalue weighted by atomic mass is 16.6. The first kappa shape index (κ1) is 63.1. The van der Waals surface area contributed by atoms with Crippen LogP contribution in [0.4, 0.5) is 0 Å². The lowest BCUT2D eigenvalue weighted by molar-refractivity contribution is -0.167. The largest absolute Gasteiger partial charge is 0.462 e. The van der Waals surface area contributed by atoms with Gasteiger partial charge in [0.15, 0.2) is 6.10 Å². The molecule has 67 heavy (non-hydrogen) atoms. The minimum atomic E-state index is -0.822. The first-order chi connectivity index (χ1) is 33.0. The van der Waals surface area contributed by atoms with Crippen LogP contribution in [-0.2, 0) is 28.6 Å². The maximum Gasteiger partial charge on any atom is 0.306 e. The lowest BCUT2D eigenvalue weighted by atomic mass is 10.1. The quantitative estimate of drug-likeness (QED) is 0.0199. The Labute approximate surface area is 412 Å². The molecule has 6 nitrogen and oxygen atoms in total. The number of rotatable bonds is 48. The lowest BCUT2D eigenvalue weighted by Crippen LogP contribution is -2.30. The van der Waals surface area contributed by atoms with E-state index < -0.39 is 6.10 Å². The molecule has 0 spiro atoms. The van der Waals surface area contributed by atoms with Crippen molar-refractivity contribution in [1.82, 2.24) is 0 Å². The highest BCUT2D eigenvalue weighted by Gasteiger charge is 2.19. The van der Waals surface area contributed by atoms with Crippen LogP contribution in [-0.4, -0.2) is 37.2 Å². The van der Waals surface area contributed by atoms with Crippen molar-refractivity contribution in [3.8, 4) is 0 Å². The number of ether oxygens (including phenoxy) is 3. The standard InChI is InChI=1S/C61H100O6/c1-4-7-10-13-16-19-22-25-27-29-31-33-36-39-42-45-48-51-54-60(63)66-57-58(56-65-59(62)53-50-47-44-41-38-35-24-21-18-15-12-9-6-3)67-61(64)55-52-49-46-43-40-37-34-32-30-28-26-23-20-17-14-11-8-5-2/h9,12,15,18,21-22,24-25,27,29,31-35,38,41,44,58H,4-8,10-11,13-14,16-17,19-20,23,26,28,30,36-37,39-40,42-43,45-57H2,1-3H3/b12-9-,18-15-,24-21-,25-22-,29-27-,33-31-,34-32-,38-35-,44-41-. The van der Waals surface area contributed by atoms with Crippen LogP contribution in [0.15, 0.2) is 109 Å². The second kappa shape index (κ2) is 54.7. The molecule has 0 radical (unpaired) electrons. The molecule has 1 unspecified atom stereocenters. The van der Waals surface area contributed by atoms with Crippen LogP contribution in [0, 0.1) is 0 Å². The maximum atomic E-state index is 12.8. The molecule has 0 aromatic heterocycles. The number of carbonyl (C=O) groups excluding carboxylic acids is 3. The number of hydrogen-bond donors (Lipinski definition) is 0. The summed E-state index contributed by atoms with van der Waals surface area (Å²) in [4.78, 5) is 38.0. The fourth-order valence-electron chi connectivity index (χ4n) is 7.29. The van der Waals surface area contributed by atoms with Crippen molar-refractivity contribution in [1.29, 1.82) is 0 Å². The van der Waals surface area contributed by atoms with Gasteiger partial charge in [-0.3, -0.25) is 14.4 Å². The van der Waals surface area contributed by atoms with Crippen molar-refractivity contribution in [2.45, 2.75) is 245 Å². The van der Waals surface area contributed by atoms with Crippen LogP contribution in [0.5, 0.6) is 0 Å². The van der Waals surface area contributed by atoms with Gasteiger partial charge in [0.1, 0.15) is 13.2 Å². The van der Waals surface area contributed by atoms with Gasteiger partial charge in [0.25, 0.3) is 0 Å². The van der Waals surface area contributed by atoms with E-state index in [0.29, 0.717) is 19.3 Å². The Balaban J connectivity index is 4.52. The van der Waals surface area contributed by atoms with E-state index in [1.807, 2.05) is 54.7 Å². The van der Waals surface area contributed by atoms with Gasteiger partial charge in [-0.25, -0.2) is 0 Å². The van der Waals surface area contributed by atoms with E-state index in [1.165, 1.54) is 103 Å². The number of carbonyl (C=O) groups is 3. The number of unbranched alkanes of at least 4 members (excludes halogenated alkanes) is 25. The lowest BCUT2D eigenvalue weighted by Gasteiger charge is -2.18. The van der Waals surface area contributed by atoms with Gasteiger partial charge in [-0.05, 0) is 83.5 Å². The maximum absolute atomic E-state index is 12.8. The molecule has 0 aliphatic rings. The molecule has 1 atom stereocenters. The normalized spacial score (nSPS) is 12.9. The van der Waals surface area contributed by atoms with Gasteiger partial charge in [0, 0.05) is 19.3 Å². The highest BCUT2D eigenvalue weighted by molar-refractivity contribution is 5.71. The monoisotopic (exact) mass is 929 g/mol. The van der Waals surface area contributed by atoms with Crippen molar-refractivity contribution >= 4 is 17.9 Å². The van der Waals surface area contributed by atoms with Crippen molar-refractivity contribution in [2.24, 2.45) is 0 Å². The third-order valence-corrected chi connectivity index (χ3v) is 11.4. The Morgan fingerprint density at radius 2 is 0.612 bits per heavy atom. The smallest absolute Gasteiger partial charge is 0.306 e. The van der Waals surface area contributed by atoms with Gasteiger partial charge in [0.05, 0.1) is 0 Å². The molecule has 6 heteroatoms. The molecule has 0 saturated heterocycles. The van der Waals surface area contributed by atoms with E-state index in [0.717, 1.165) is 89.9 Å². The molecule has 0 aliphatic heterocycles. The molecule has 0 heterocycles. The summed E-state index contributed by atoms with van der Waals surface area (Å²) in [5.74, 6) is -1.02. The zero-order valence-electron chi connectivity index (χ0n) is 43.4. The predicted octanol–water partition coefficient (Wildman–Crippen LogP) is 18.3. The minimum absolute atomic E-state index is 0.116. The molecule has 0 amide bonds. The molecular weight excluding hydrogens is 829 g/mol. The fourth-order valence-corrected chi connectivity index (χ4v) is 7.29. The topological polar surface area (TPSA) is 78.9 Å². The molecule has 0 aromatic carbocycles. The number of allylic oxidation sites excluding steroid dienone is 18. The van der Waals surface area contributed by atoms with Gasteiger partial charge >= 0.3 is 17.9 Å². The predicted molar refractivity (Wildman–Crippen MR) is 288 cm³/mol. The summed E-state index contributed by atoms with van der Waals surface area (Å²) in [6, 6.07) is 0. The van der Waals surface area contributed by atoms with Crippen LogP contribution < -0.4 is 0 Å². The van der Waals surface area contributed by atoms with Crippen LogP contribution >= 0.6 is 0 Å². The van der Waals surface area contributed by atoms with Crippen molar-refractivity contribution < 1.29 is 28.6 Å². The Kier molecular flexibility index (Phi) is 51.5. The van der Waals surface area contributed by atoms with E-state index in [4.69, 9.17) is 14.2 Å². The van der Waals surface area contributed by atoms with Crippen LogP contribution in [0.2, 0.25) is 0 Å². The summed E-state index contributed by atoms with van der Waals surface area (Å²) in [5.41, 5.74) is 0. The summed E-state index contributed by atoms with van der Waals surface area (Å²) in [7, 11) is 0. The molecule has 0 N–H and O–H groups in total. The summed E-state index contributed by atoms with van der Waals surface area (Å²) in [5, 5.41) is 0. The Morgan fingerprint density at radius 1 is 0.313 bits per heavy atom. The van der Waals surface area contributed by atoms with Crippen molar-refractivity contribution in [2.75, 3.05) is 13.2 Å². The molecular formula is C61H100O6. The van der Waals surface area contributed by atoms with E-state index in [-0.39, 0.29) is 37.5 Å².